The van der Waals surface area contributed by atoms with Crippen LogP contribution in [0, 0.1) is 0 Å². The highest BCUT2D eigenvalue weighted by Gasteiger charge is 2.27. The number of nitrogens with zero attached hydrogens (tertiary/aromatic N) is 5. The number of rotatable bonds is 5. The van der Waals surface area contributed by atoms with Crippen LogP contribution in [0.3, 0.4) is 0 Å². The van der Waals surface area contributed by atoms with Gasteiger partial charge >= 0.3 is 0 Å². The Kier molecular flexibility index (Phi) is 4.36. The van der Waals surface area contributed by atoms with E-state index in [1.54, 1.807) is 22.0 Å². The van der Waals surface area contributed by atoms with Gasteiger partial charge < -0.3 is 19.3 Å². The SMILES string of the molecule is O=C(c1cc(COc2ccc(-n3cncn3)cc2)on1)N1CC[C@H](O)C1. The molecule has 1 aliphatic rings. The zero-order valence-corrected chi connectivity index (χ0v) is 13.9. The van der Waals surface area contributed by atoms with Crippen molar-refractivity contribution in [2.45, 2.75) is 19.1 Å². The van der Waals surface area contributed by atoms with Crippen molar-refractivity contribution in [2.24, 2.45) is 0 Å². The minimum atomic E-state index is -0.464. The van der Waals surface area contributed by atoms with Crippen molar-refractivity contribution in [1.29, 1.82) is 0 Å². The van der Waals surface area contributed by atoms with Crippen LogP contribution >= 0.6 is 0 Å². The molecule has 1 fully saturated rings. The summed E-state index contributed by atoms with van der Waals surface area (Å²) in [6.45, 7) is 1.01. The van der Waals surface area contributed by atoms with Crippen LogP contribution in [0.15, 0.2) is 47.5 Å². The molecule has 2 aromatic heterocycles. The smallest absolute Gasteiger partial charge is 0.276 e. The Hall–Kier alpha value is -3.20. The molecule has 134 valence electrons. The standard InChI is InChI=1S/C17H17N5O4/c23-13-5-6-21(8-13)17(24)16-7-15(26-20-16)9-25-14-3-1-12(2-4-14)22-11-18-10-19-22/h1-4,7,10-11,13,23H,5-6,8-9H2/t13-/m0/s1. The lowest BCUT2D eigenvalue weighted by molar-refractivity contribution is 0.0754. The largest absolute Gasteiger partial charge is 0.486 e. The number of hydrogen-bond acceptors (Lipinski definition) is 7. The first-order chi connectivity index (χ1) is 12.7. The van der Waals surface area contributed by atoms with Gasteiger partial charge in [0.05, 0.1) is 11.8 Å². The van der Waals surface area contributed by atoms with Crippen LogP contribution in [0.4, 0.5) is 0 Å². The third-order valence-corrected chi connectivity index (χ3v) is 4.13. The van der Waals surface area contributed by atoms with Crippen LogP contribution in [0.2, 0.25) is 0 Å². The van der Waals surface area contributed by atoms with Gasteiger partial charge in [0.1, 0.15) is 25.0 Å². The number of aliphatic hydroxyl groups is 1. The van der Waals surface area contributed by atoms with E-state index in [1.807, 2.05) is 24.3 Å². The van der Waals surface area contributed by atoms with Gasteiger partial charge in [0, 0.05) is 19.2 Å². The molecule has 0 unspecified atom stereocenters. The second-order valence-electron chi connectivity index (χ2n) is 5.99. The molecule has 3 aromatic rings. The van der Waals surface area contributed by atoms with Gasteiger partial charge in [-0.25, -0.2) is 9.67 Å². The molecule has 26 heavy (non-hydrogen) atoms. The summed E-state index contributed by atoms with van der Waals surface area (Å²) in [5.74, 6) is 0.864. The van der Waals surface area contributed by atoms with Gasteiger partial charge in [-0.3, -0.25) is 4.79 Å². The third-order valence-electron chi connectivity index (χ3n) is 4.13. The molecular formula is C17H17N5O4. The lowest BCUT2D eigenvalue weighted by atomic mass is 10.3. The molecule has 1 atom stereocenters. The molecule has 1 amide bonds. The van der Waals surface area contributed by atoms with Gasteiger partial charge in [-0.15, -0.1) is 0 Å². The lowest BCUT2D eigenvalue weighted by Gasteiger charge is -2.12. The summed E-state index contributed by atoms with van der Waals surface area (Å²) in [4.78, 5) is 17.7. The number of amides is 1. The van der Waals surface area contributed by atoms with E-state index in [0.717, 1.165) is 5.69 Å². The second-order valence-corrected chi connectivity index (χ2v) is 5.99. The van der Waals surface area contributed by atoms with Crippen LogP contribution in [0.25, 0.3) is 5.69 Å². The van der Waals surface area contributed by atoms with Crippen molar-refractivity contribution in [3.05, 3.63) is 54.4 Å². The van der Waals surface area contributed by atoms with Crippen LogP contribution in [0.5, 0.6) is 5.75 Å². The number of ether oxygens (including phenoxy) is 1. The molecule has 0 radical (unpaired) electrons. The van der Waals surface area contributed by atoms with Crippen molar-refractivity contribution in [2.75, 3.05) is 13.1 Å². The molecule has 1 saturated heterocycles. The molecule has 0 aliphatic carbocycles. The minimum Gasteiger partial charge on any atom is -0.486 e. The number of aromatic nitrogens is 4. The number of likely N-dealkylation sites (tertiary alicyclic amines) is 1. The van der Waals surface area contributed by atoms with Crippen LogP contribution in [-0.2, 0) is 6.61 Å². The highest BCUT2D eigenvalue weighted by Crippen LogP contribution is 2.17. The number of aliphatic hydroxyl groups excluding tert-OH is 1. The zero-order chi connectivity index (χ0) is 17.9. The van der Waals surface area contributed by atoms with E-state index in [4.69, 9.17) is 9.26 Å². The van der Waals surface area contributed by atoms with E-state index in [0.29, 0.717) is 31.0 Å². The Labute approximate surface area is 148 Å². The monoisotopic (exact) mass is 355 g/mol. The average Bonchev–Trinajstić information content (AvgIpc) is 3.41. The molecule has 0 bridgehead atoms. The van der Waals surface area contributed by atoms with Crippen molar-refractivity contribution >= 4 is 5.91 Å². The number of benzene rings is 1. The number of carbonyl (C=O) groups excluding carboxylic acids is 1. The van der Waals surface area contributed by atoms with Crippen molar-refractivity contribution in [3.8, 4) is 11.4 Å². The quantitative estimate of drug-likeness (QED) is 0.729. The van der Waals surface area contributed by atoms with Gasteiger partial charge in [0.2, 0.25) is 0 Å². The first-order valence-corrected chi connectivity index (χ1v) is 8.20. The average molecular weight is 355 g/mol. The first-order valence-electron chi connectivity index (χ1n) is 8.20. The summed E-state index contributed by atoms with van der Waals surface area (Å²) in [6.07, 6.45) is 3.21. The fraction of sp³-hybridized carbons (Fsp3) is 0.294. The van der Waals surface area contributed by atoms with E-state index in [-0.39, 0.29) is 18.2 Å². The maximum atomic E-state index is 12.3. The highest BCUT2D eigenvalue weighted by atomic mass is 16.5. The predicted molar refractivity (Wildman–Crippen MR) is 88.7 cm³/mol. The molecule has 9 heteroatoms. The molecule has 0 saturated carbocycles. The van der Waals surface area contributed by atoms with Crippen molar-refractivity contribution < 1.29 is 19.2 Å². The molecule has 1 N–H and O–H groups in total. The summed E-state index contributed by atoms with van der Waals surface area (Å²) >= 11 is 0. The van der Waals surface area contributed by atoms with Crippen LogP contribution < -0.4 is 4.74 Å². The normalized spacial score (nSPS) is 16.8. The van der Waals surface area contributed by atoms with E-state index >= 15 is 0 Å². The van der Waals surface area contributed by atoms with Gasteiger partial charge in [0.15, 0.2) is 11.5 Å². The Morgan fingerprint density at radius 3 is 2.88 bits per heavy atom. The van der Waals surface area contributed by atoms with Gasteiger partial charge in [-0.05, 0) is 30.7 Å². The van der Waals surface area contributed by atoms with E-state index < -0.39 is 6.10 Å². The number of carbonyl (C=O) groups is 1. The molecule has 4 rings (SSSR count). The summed E-state index contributed by atoms with van der Waals surface area (Å²) in [5.41, 5.74) is 1.09. The van der Waals surface area contributed by atoms with Gasteiger partial charge in [-0.1, -0.05) is 5.16 Å². The third kappa shape index (κ3) is 3.42. The number of β-amino-alcohol motifs (C(OH)–C–C–N with tert-alkyl or cyclic N) is 1. The zero-order valence-electron chi connectivity index (χ0n) is 13.9. The Morgan fingerprint density at radius 2 is 2.19 bits per heavy atom. The molecular weight excluding hydrogens is 338 g/mol. The Morgan fingerprint density at radius 1 is 1.35 bits per heavy atom. The Balaban J connectivity index is 1.35. The van der Waals surface area contributed by atoms with E-state index in [2.05, 4.69) is 15.2 Å². The molecule has 0 spiro atoms. The maximum Gasteiger partial charge on any atom is 0.276 e. The maximum absolute atomic E-state index is 12.3. The molecule has 9 nitrogen and oxygen atoms in total. The molecule has 1 aromatic carbocycles. The molecule has 1 aliphatic heterocycles. The molecule has 3 heterocycles. The second kappa shape index (κ2) is 6.96. The number of hydrogen-bond donors (Lipinski definition) is 1. The fourth-order valence-electron chi connectivity index (χ4n) is 2.76. The first kappa shape index (κ1) is 16.3. The van der Waals surface area contributed by atoms with Gasteiger partial charge in [0.25, 0.3) is 5.91 Å². The van der Waals surface area contributed by atoms with E-state index in [9.17, 15) is 9.90 Å². The summed E-state index contributed by atoms with van der Waals surface area (Å²) < 4.78 is 12.5. The minimum absolute atomic E-state index is 0.158. The Bertz CT molecular complexity index is 875. The summed E-state index contributed by atoms with van der Waals surface area (Å²) in [7, 11) is 0. The van der Waals surface area contributed by atoms with Crippen LogP contribution in [-0.4, -0.2) is 55.0 Å². The fourth-order valence-corrected chi connectivity index (χ4v) is 2.76. The van der Waals surface area contributed by atoms with E-state index in [1.165, 1.54) is 6.33 Å². The lowest BCUT2D eigenvalue weighted by Crippen LogP contribution is -2.29. The summed E-state index contributed by atoms with van der Waals surface area (Å²) in [5, 5.41) is 17.4. The van der Waals surface area contributed by atoms with Crippen LogP contribution in [0.1, 0.15) is 22.7 Å². The summed E-state index contributed by atoms with van der Waals surface area (Å²) in [6, 6.07) is 8.91. The highest BCUT2D eigenvalue weighted by molar-refractivity contribution is 5.92. The van der Waals surface area contributed by atoms with Crippen molar-refractivity contribution in [3.63, 3.8) is 0 Å². The van der Waals surface area contributed by atoms with Gasteiger partial charge in [-0.2, -0.15) is 5.10 Å². The topological polar surface area (TPSA) is 107 Å². The predicted octanol–water partition coefficient (Wildman–Crippen LogP) is 1.04. The van der Waals surface area contributed by atoms with Crippen molar-refractivity contribution in [1.82, 2.24) is 24.8 Å².